The molecule has 0 aliphatic rings. The third-order valence-electron chi connectivity index (χ3n) is 3.80. The number of carbonyl (C=O) groups excluding carboxylic acids is 1. The monoisotopic (exact) mass is 362 g/mol. The number of nitrogens with zero attached hydrogens (tertiary/aromatic N) is 1. The summed E-state index contributed by atoms with van der Waals surface area (Å²) in [6.45, 7) is 1.55. The fourth-order valence-electron chi connectivity index (χ4n) is 2.45. The van der Waals surface area contributed by atoms with Crippen molar-refractivity contribution in [3.05, 3.63) is 60.2 Å². The van der Waals surface area contributed by atoms with Crippen LogP contribution in [0.4, 0.5) is 0 Å². The summed E-state index contributed by atoms with van der Waals surface area (Å²) < 4.78 is 31.2. The lowest BCUT2D eigenvalue weighted by Crippen LogP contribution is -2.39. The minimum Gasteiger partial charge on any atom is -0.496 e. The molecule has 7 heteroatoms. The smallest absolute Gasteiger partial charge is 0.243 e. The molecule has 0 fully saturated rings. The molecule has 1 atom stereocenters. The van der Waals surface area contributed by atoms with Crippen molar-refractivity contribution in [2.45, 2.75) is 17.9 Å². The van der Waals surface area contributed by atoms with Gasteiger partial charge in [-0.2, -0.15) is 4.31 Å². The standard InChI is InChI=1S/C18H22N2O4S/c1-14(16-11-7-8-12-17(16)24-3)19-18(21)13-20(2)25(22,23)15-9-5-4-6-10-15/h4-12,14H,13H2,1-3H3,(H,19,21)/t14-/m0/s1. The molecular weight excluding hydrogens is 340 g/mol. The molecule has 0 aliphatic heterocycles. The summed E-state index contributed by atoms with van der Waals surface area (Å²) in [5.74, 6) is 0.279. The highest BCUT2D eigenvalue weighted by Crippen LogP contribution is 2.24. The second kappa shape index (κ2) is 8.13. The van der Waals surface area contributed by atoms with E-state index in [-0.39, 0.29) is 23.4 Å². The van der Waals surface area contributed by atoms with Crippen molar-refractivity contribution in [3.8, 4) is 5.75 Å². The van der Waals surface area contributed by atoms with Gasteiger partial charge >= 0.3 is 0 Å². The first-order valence-electron chi connectivity index (χ1n) is 7.80. The van der Waals surface area contributed by atoms with Gasteiger partial charge in [-0.25, -0.2) is 8.42 Å². The highest BCUT2D eigenvalue weighted by molar-refractivity contribution is 7.89. The second-order valence-electron chi connectivity index (χ2n) is 5.61. The zero-order valence-electron chi connectivity index (χ0n) is 14.5. The van der Waals surface area contributed by atoms with Crippen molar-refractivity contribution in [3.63, 3.8) is 0 Å². The van der Waals surface area contributed by atoms with Gasteiger partial charge < -0.3 is 10.1 Å². The summed E-state index contributed by atoms with van der Waals surface area (Å²) in [6, 6.07) is 15.1. The SMILES string of the molecule is COc1ccccc1[C@H](C)NC(=O)CN(C)S(=O)(=O)c1ccccc1. The molecule has 25 heavy (non-hydrogen) atoms. The molecule has 2 aromatic rings. The van der Waals surface area contributed by atoms with Crippen molar-refractivity contribution in [1.82, 2.24) is 9.62 Å². The van der Waals surface area contributed by atoms with Crippen LogP contribution in [0.2, 0.25) is 0 Å². The number of likely N-dealkylation sites (N-methyl/N-ethyl adjacent to an activating group) is 1. The summed E-state index contributed by atoms with van der Waals surface area (Å²) >= 11 is 0. The lowest BCUT2D eigenvalue weighted by Gasteiger charge is -2.20. The first-order valence-corrected chi connectivity index (χ1v) is 9.24. The average Bonchev–Trinajstić information content (AvgIpc) is 2.62. The fourth-order valence-corrected chi connectivity index (χ4v) is 3.60. The van der Waals surface area contributed by atoms with Gasteiger partial charge in [-0.05, 0) is 25.1 Å². The van der Waals surface area contributed by atoms with Crippen molar-refractivity contribution in [2.75, 3.05) is 20.7 Å². The predicted octanol–water partition coefficient (Wildman–Crippen LogP) is 2.19. The zero-order valence-corrected chi connectivity index (χ0v) is 15.3. The number of sulfonamides is 1. The van der Waals surface area contributed by atoms with E-state index in [1.54, 1.807) is 25.3 Å². The number of ether oxygens (including phenoxy) is 1. The topological polar surface area (TPSA) is 75.7 Å². The number of amides is 1. The highest BCUT2D eigenvalue weighted by atomic mass is 32.2. The van der Waals surface area contributed by atoms with E-state index < -0.39 is 10.0 Å². The fraction of sp³-hybridized carbons (Fsp3) is 0.278. The predicted molar refractivity (Wildman–Crippen MR) is 95.8 cm³/mol. The van der Waals surface area contributed by atoms with E-state index in [0.717, 1.165) is 9.87 Å². The summed E-state index contributed by atoms with van der Waals surface area (Å²) in [4.78, 5) is 12.4. The molecule has 0 heterocycles. The third kappa shape index (κ3) is 4.58. The lowest BCUT2D eigenvalue weighted by atomic mass is 10.1. The van der Waals surface area contributed by atoms with E-state index in [1.807, 2.05) is 31.2 Å². The molecule has 0 saturated carbocycles. The minimum absolute atomic E-state index is 0.156. The van der Waals surface area contributed by atoms with Crippen LogP contribution in [0.3, 0.4) is 0 Å². The molecule has 2 aromatic carbocycles. The molecule has 1 amide bonds. The van der Waals surface area contributed by atoms with Gasteiger partial charge in [-0.1, -0.05) is 36.4 Å². The normalized spacial score (nSPS) is 12.6. The molecule has 0 radical (unpaired) electrons. The van der Waals surface area contributed by atoms with Crippen molar-refractivity contribution in [1.29, 1.82) is 0 Å². The summed E-state index contributed by atoms with van der Waals surface area (Å²) in [6.07, 6.45) is 0. The molecule has 2 rings (SSSR count). The Morgan fingerprint density at radius 2 is 1.72 bits per heavy atom. The second-order valence-corrected chi connectivity index (χ2v) is 7.65. The Hall–Kier alpha value is -2.38. The number of hydrogen-bond acceptors (Lipinski definition) is 4. The van der Waals surface area contributed by atoms with Crippen molar-refractivity contribution in [2.24, 2.45) is 0 Å². The van der Waals surface area contributed by atoms with Crippen LogP contribution in [0.1, 0.15) is 18.5 Å². The number of methoxy groups -OCH3 is 1. The van der Waals surface area contributed by atoms with E-state index in [2.05, 4.69) is 5.32 Å². The molecular formula is C18H22N2O4S. The molecule has 0 aromatic heterocycles. The maximum Gasteiger partial charge on any atom is 0.243 e. The van der Waals surface area contributed by atoms with Crippen molar-refractivity contribution < 1.29 is 17.9 Å². The van der Waals surface area contributed by atoms with E-state index in [4.69, 9.17) is 4.74 Å². The van der Waals surface area contributed by atoms with Gasteiger partial charge in [-0.15, -0.1) is 0 Å². The van der Waals surface area contributed by atoms with E-state index in [1.165, 1.54) is 19.2 Å². The van der Waals surface area contributed by atoms with Crippen LogP contribution in [-0.2, 0) is 14.8 Å². The molecule has 1 N–H and O–H groups in total. The average molecular weight is 362 g/mol. The Balaban J connectivity index is 2.04. The van der Waals surface area contributed by atoms with Gasteiger partial charge in [0.25, 0.3) is 0 Å². The Labute approximate surface area is 148 Å². The van der Waals surface area contributed by atoms with E-state index in [9.17, 15) is 13.2 Å². The number of hydrogen-bond donors (Lipinski definition) is 1. The number of nitrogens with one attached hydrogen (secondary N) is 1. The maximum absolute atomic E-state index is 12.4. The van der Waals surface area contributed by atoms with Crippen LogP contribution >= 0.6 is 0 Å². The Morgan fingerprint density at radius 1 is 1.12 bits per heavy atom. The van der Waals surface area contributed by atoms with E-state index in [0.29, 0.717) is 5.75 Å². The maximum atomic E-state index is 12.4. The molecule has 0 bridgehead atoms. The largest absolute Gasteiger partial charge is 0.496 e. The van der Waals surface area contributed by atoms with Crippen LogP contribution in [-0.4, -0.2) is 39.3 Å². The van der Waals surface area contributed by atoms with Gasteiger partial charge in [0.05, 0.1) is 24.6 Å². The Bertz CT molecular complexity index is 822. The van der Waals surface area contributed by atoms with Crippen LogP contribution < -0.4 is 10.1 Å². The summed E-state index contributed by atoms with van der Waals surface area (Å²) in [5, 5.41) is 2.80. The van der Waals surface area contributed by atoms with Crippen molar-refractivity contribution >= 4 is 15.9 Å². The number of benzene rings is 2. The zero-order chi connectivity index (χ0) is 18.4. The Morgan fingerprint density at radius 3 is 2.36 bits per heavy atom. The first-order chi connectivity index (χ1) is 11.9. The van der Waals surface area contributed by atoms with E-state index >= 15 is 0 Å². The first kappa shape index (κ1) is 19.0. The van der Waals surface area contributed by atoms with Crippen LogP contribution in [0.25, 0.3) is 0 Å². The van der Waals surface area contributed by atoms with Gasteiger partial charge in [0, 0.05) is 12.6 Å². The van der Waals surface area contributed by atoms with Gasteiger partial charge in [0.1, 0.15) is 5.75 Å². The van der Waals surface area contributed by atoms with Crippen LogP contribution in [0.5, 0.6) is 5.75 Å². The molecule has 0 unspecified atom stereocenters. The Kier molecular flexibility index (Phi) is 6.17. The molecule has 6 nitrogen and oxygen atoms in total. The van der Waals surface area contributed by atoms with Gasteiger partial charge in [0.2, 0.25) is 15.9 Å². The number of para-hydroxylation sites is 1. The van der Waals surface area contributed by atoms with Gasteiger partial charge in [0.15, 0.2) is 0 Å². The van der Waals surface area contributed by atoms with Crippen LogP contribution in [0.15, 0.2) is 59.5 Å². The number of carbonyl (C=O) groups is 1. The lowest BCUT2D eigenvalue weighted by molar-refractivity contribution is -0.121. The molecule has 0 aliphatic carbocycles. The quantitative estimate of drug-likeness (QED) is 0.819. The van der Waals surface area contributed by atoms with Crippen LogP contribution in [0, 0.1) is 0 Å². The number of rotatable bonds is 7. The summed E-state index contributed by atoms with van der Waals surface area (Å²) in [7, 11) is -0.752. The highest BCUT2D eigenvalue weighted by Gasteiger charge is 2.23. The summed E-state index contributed by atoms with van der Waals surface area (Å²) in [5.41, 5.74) is 0.826. The third-order valence-corrected chi connectivity index (χ3v) is 5.62. The minimum atomic E-state index is -3.70. The molecule has 0 saturated heterocycles. The molecule has 134 valence electrons. The molecule has 0 spiro atoms. The van der Waals surface area contributed by atoms with Gasteiger partial charge in [-0.3, -0.25) is 4.79 Å².